The average molecular weight is 898 g/mol. The number of para-hydroxylation sites is 2. The van der Waals surface area contributed by atoms with Gasteiger partial charge < -0.3 is 9.13 Å². The van der Waals surface area contributed by atoms with E-state index in [1.807, 2.05) is 167 Å². The molecule has 0 saturated carbocycles. The van der Waals surface area contributed by atoms with Crippen LogP contribution < -0.4 is 0 Å². The maximum atomic E-state index is 15.7. The molecule has 0 amide bonds. The van der Waals surface area contributed by atoms with Gasteiger partial charge in [0.15, 0.2) is 0 Å². The summed E-state index contributed by atoms with van der Waals surface area (Å²) in [6, 6.07) is 70.1. The lowest BCUT2D eigenvalue weighted by atomic mass is 9.90. The van der Waals surface area contributed by atoms with Crippen molar-refractivity contribution in [3.63, 3.8) is 0 Å². The summed E-state index contributed by atoms with van der Waals surface area (Å²) in [6.07, 6.45) is -4.73. The molecule has 0 atom stereocenters. The van der Waals surface area contributed by atoms with Gasteiger partial charge in [0.2, 0.25) is 0 Å². The van der Waals surface area contributed by atoms with Crippen LogP contribution in [0.4, 0.5) is 13.2 Å². The van der Waals surface area contributed by atoms with E-state index in [1.165, 1.54) is 6.07 Å². The van der Waals surface area contributed by atoms with Crippen LogP contribution >= 0.6 is 0 Å². The van der Waals surface area contributed by atoms with Crippen LogP contribution in [0.1, 0.15) is 16.7 Å². The monoisotopic (exact) mass is 897 g/mol. The van der Waals surface area contributed by atoms with E-state index < -0.39 is 11.7 Å². The smallest absolute Gasteiger partial charge is 0.308 e. The maximum absolute atomic E-state index is 15.7. The Balaban J connectivity index is 1.19. The van der Waals surface area contributed by atoms with Crippen LogP contribution in [-0.2, 0) is 6.18 Å². The minimum Gasteiger partial charge on any atom is -0.308 e. The van der Waals surface area contributed by atoms with Crippen molar-refractivity contribution < 1.29 is 13.2 Å². The standard InChI is InChI=1S/C61H38F3N5/c1-38-15-12-22-48(61(62,63)64)59(38)60-57(68-53-27-10-8-20-44(53)46-31-29-42(35-55(46)68)51-25-13-23-49(66-51)40-16-4-2-5-17-40)33-39(37-65)34-58(60)69-54-28-11-9-21-45(54)47-32-30-43(36-56(47)69)52-26-14-24-50(67-52)41-18-6-3-7-19-41/h2-36H,1H3. The summed E-state index contributed by atoms with van der Waals surface area (Å²) in [5.41, 5.74) is 10.9. The first kappa shape index (κ1) is 41.4. The van der Waals surface area contributed by atoms with Crippen molar-refractivity contribution in [2.75, 3.05) is 0 Å². The van der Waals surface area contributed by atoms with Gasteiger partial charge in [-0.3, -0.25) is 0 Å². The van der Waals surface area contributed by atoms with Gasteiger partial charge in [0, 0.05) is 54.9 Å². The Labute approximate surface area is 395 Å². The molecule has 0 bridgehead atoms. The Hall–Kier alpha value is -9.06. The van der Waals surface area contributed by atoms with Crippen molar-refractivity contribution in [1.82, 2.24) is 19.1 Å². The van der Waals surface area contributed by atoms with Crippen molar-refractivity contribution in [3.05, 3.63) is 229 Å². The largest absolute Gasteiger partial charge is 0.417 e. The van der Waals surface area contributed by atoms with E-state index in [0.29, 0.717) is 22.5 Å². The topological polar surface area (TPSA) is 59.4 Å². The lowest BCUT2D eigenvalue weighted by molar-refractivity contribution is -0.137. The molecule has 0 aliphatic heterocycles. The fourth-order valence-electron chi connectivity index (χ4n) is 10.0. The molecule has 0 saturated heterocycles. The summed E-state index contributed by atoms with van der Waals surface area (Å²) in [4.78, 5) is 10.2. The Bertz CT molecular complexity index is 3810. The Morgan fingerprint density at radius 2 is 0.826 bits per heavy atom. The Morgan fingerprint density at radius 3 is 1.29 bits per heavy atom. The van der Waals surface area contributed by atoms with Crippen LogP contribution in [0.2, 0.25) is 0 Å². The summed E-state index contributed by atoms with van der Waals surface area (Å²) >= 11 is 0. The van der Waals surface area contributed by atoms with E-state index in [4.69, 9.17) is 9.97 Å². The van der Waals surface area contributed by atoms with E-state index in [1.54, 1.807) is 25.1 Å². The third-order valence-corrected chi connectivity index (χ3v) is 13.1. The molecule has 328 valence electrons. The van der Waals surface area contributed by atoms with Gasteiger partial charge in [-0.05, 0) is 79.2 Å². The van der Waals surface area contributed by atoms with Crippen LogP contribution in [-0.4, -0.2) is 19.1 Å². The molecule has 0 unspecified atom stereocenters. The first-order chi connectivity index (χ1) is 33.7. The quantitative estimate of drug-likeness (QED) is 0.160. The zero-order valence-corrected chi connectivity index (χ0v) is 37.1. The normalized spacial score (nSPS) is 11.8. The molecule has 0 spiro atoms. The van der Waals surface area contributed by atoms with E-state index in [9.17, 15) is 5.26 Å². The number of hydrogen-bond acceptors (Lipinski definition) is 3. The SMILES string of the molecule is Cc1cccc(C(F)(F)F)c1-c1c(-n2c3ccccc3c3ccc(-c4cccc(-c5ccccc5)n4)cc32)cc(C#N)cc1-n1c2ccccc2c2ccc(-c3cccc(-c4ccccc4)n3)cc21. The van der Waals surface area contributed by atoms with E-state index in [0.717, 1.165) is 94.7 Å². The van der Waals surface area contributed by atoms with Crippen LogP contribution in [0.15, 0.2) is 212 Å². The molecule has 69 heavy (non-hydrogen) atoms. The number of nitriles is 1. The molecule has 12 aromatic rings. The molecule has 8 aromatic carbocycles. The van der Waals surface area contributed by atoms with Crippen molar-refractivity contribution in [2.24, 2.45) is 0 Å². The van der Waals surface area contributed by atoms with Gasteiger partial charge in [-0.2, -0.15) is 18.4 Å². The van der Waals surface area contributed by atoms with Crippen LogP contribution in [0.25, 0.3) is 111 Å². The first-order valence-electron chi connectivity index (χ1n) is 22.6. The number of alkyl halides is 3. The molecule has 4 heterocycles. The predicted molar refractivity (Wildman–Crippen MR) is 272 cm³/mol. The van der Waals surface area contributed by atoms with Crippen LogP contribution in [0, 0.1) is 18.3 Å². The molecule has 0 radical (unpaired) electrons. The van der Waals surface area contributed by atoms with E-state index in [2.05, 4.69) is 30.3 Å². The molecular formula is C61H38F3N5. The van der Waals surface area contributed by atoms with E-state index in [-0.39, 0.29) is 11.1 Å². The number of hydrogen-bond donors (Lipinski definition) is 0. The zero-order chi connectivity index (χ0) is 46.8. The van der Waals surface area contributed by atoms with Gasteiger partial charge in [0.1, 0.15) is 0 Å². The molecule has 5 nitrogen and oxygen atoms in total. The average Bonchev–Trinajstić information content (AvgIpc) is 3.90. The number of fused-ring (bicyclic) bond motifs is 6. The molecule has 8 heteroatoms. The second kappa shape index (κ2) is 16.4. The van der Waals surface area contributed by atoms with Crippen molar-refractivity contribution in [1.29, 1.82) is 5.26 Å². The Morgan fingerprint density at radius 1 is 0.406 bits per heavy atom. The number of aryl methyl sites for hydroxylation is 1. The highest BCUT2D eigenvalue weighted by Gasteiger charge is 2.36. The number of pyridine rings is 2. The second-order valence-electron chi connectivity index (χ2n) is 17.2. The summed E-state index contributed by atoms with van der Waals surface area (Å²) < 4.78 is 51.3. The van der Waals surface area contributed by atoms with Crippen LogP contribution in [0.3, 0.4) is 0 Å². The molecule has 0 aliphatic rings. The highest BCUT2D eigenvalue weighted by atomic mass is 19.4. The molecule has 0 N–H and O–H groups in total. The predicted octanol–water partition coefficient (Wildman–Crippen LogP) is 16.2. The zero-order valence-electron chi connectivity index (χ0n) is 37.1. The van der Waals surface area contributed by atoms with Crippen molar-refractivity contribution in [3.8, 4) is 73.6 Å². The molecular weight excluding hydrogens is 860 g/mol. The number of halogens is 3. The fourth-order valence-corrected chi connectivity index (χ4v) is 10.0. The van der Waals surface area contributed by atoms with Gasteiger partial charge in [-0.15, -0.1) is 0 Å². The van der Waals surface area contributed by atoms with Gasteiger partial charge in [-0.25, -0.2) is 9.97 Å². The summed E-state index contributed by atoms with van der Waals surface area (Å²) in [7, 11) is 0. The van der Waals surface area contributed by atoms with Gasteiger partial charge in [-0.1, -0.05) is 146 Å². The maximum Gasteiger partial charge on any atom is 0.417 e. The Kier molecular flexibility index (Phi) is 9.82. The highest BCUT2D eigenvalue weighted by molar-refractivity contribution is 6.13. The molecule has 0 aliphatic carbocycles. The number of rotatable bonds is 7. The summed E-state index contributed by atoms with van der Waals surface area (Å²) in [5, 5.41) is 14.6. The lowest BCUT2D eigenvalue weighted by Crippen LogP contribution is -2.12. The minimum absolute atomic E-state index is 0.0260. The molecule has 12 rings (SSSR count). The van der Waals surface area contributed by atoms with Crippen LogP contribution in [0.5, 0.6) is 0 Å². The second-order valence-corrected chi connectivity index (χ2v) is 17.2. The van der Waals surface area contributed by atoms with Gasteiger partial charge >= 0.3 is 6.18 Å². The van der Waals surface area contributed by atoms with E-state index >= 15 is 13.2 Å². The van der Waals surface area contributed by atoms with Gasteiger partial charge in [0.25, 0.3) is 0 Å². The third kappa shape index (κ3) is 7.02. The van der Waals surface area contributed by atoms with Gasteiger partial charge in [0.05, 0.1) is 73.4 Å². The minimum atomic E-state index is -4.73. The molecule has 0 fully saturated rings. The summed E-state index contributed by atoms with van der Waals surface area (Å²) in [5.74, 6) is 0. The number of aromatic nitrogens is 4. The summed E-state index contributed by atoms with van der Waals surface area (Å²) in [6.45, 7) is 1.72. The number of nitrogens with zero attached hydrogens (tertiary/aromatic N) is 5. The third-order valence-electron chi connectivity index (χ3n) is 13.1. The number of benzene rings is 8. The first-order valence-corrected chi connectivity index (χ1v) is 22.6. The highest BCUT2D eigenvalue weighted by Crippen LogP contribution is 2.48. The fraction of sp³-hybridized carbons (Fsp3) is 0.0328. The molecule has 4 aromatic heterocycles. The van der Waals surface area contributed by atoms with Crippen molar-refractivity contribution >= 4 is 43.6 Å². The van der Waals surface area contributed by atoms with Crippen molar-refractivity contribution in [2.45, 2.75) is 13.1 Å². The lowest BCUT2D eigenvalue weighted by Gasteiger charge is -2.24.